The third kappa shape index (κ3) is 5.59. The Kier molecular flexibility index (Phi) is 6.13. The number of nitrogens with zero attached hydrogens (tertiary/aromatic N) is 3. The van der Waals surface area contributed by atoms with Crippen LogP contribution in [-0.2, 0) is 11.2 Å². The molecule has 2 aromatic rings. The standard InChI is InChI=1S/C20H23FN4O2/c1-14(20(26)27)9-18-11-23-19(12-22-18)24-17-6-8-25(13-17)7-5-15-3-2-4-16(21)10-15/h2-4,9-12,17H,5-8,13H2,1H3,(H,23,24)(H,26,27)/b14-9+/t17-/m1/s1. The fourth-order valence-corrected chi connectivity index (χ4v) is 3.11. The number of halogens is 1. The lowest BCUT2D eigenvalue weighted by Gasteiger charge is -2.17. The van der Waals surface area contributed by atoms with Gasteiger partial charge in [0.25, 0.3) is 0 Å². The van der Waals surface area contributed by atoms with E-state index >= 15 is 0 Å². The van der Waals surface area contributed by atoms with Crippen molar-refractivity contribution in [1.29, 1.82) is 0 Å². The smallest absolute Gasteiger partial charge is 0.331 e. The molecule has 2 heterocycles. The van der Waals surface area contributed by atoms with Crippen LogP contribution in [0.1, 0.15) is 24.6 Å². The molecule has 0 amide bonds. The van der Waals surface area contributed by atoms with E-state index in [0.29, 0.717) is 11.5 Å². The van der Waals surface area contributed by atoms with Crippen molar-refractivity contribution in [3.63, 3.8) is 0 Å². The average molecular weight is 370 g/mol. The highest BCUT2D eigenvalue weighted by molar-refractivity contribution is 5.91. The van der Waals surface area contributed by atoms with Crippen LogP contribution in [0, 0.1) is 5.82 Å². The number of benzene rings is 1. The van der Waals surface area contributed by atoms with Gasteiger partial charge in [-0.05, 0) is 43.5 Å². The van der Waals surface area contributed by atoms with E-state index in [4.69, 9.17) is 5.11 Å². The zero-order valence-electron chi connectivity index (χ0n) is 15.2. The predicted octanol–water partition coefficient (Wildman–Crippen LogP) is 2.83. The highest BCUT2D eigenvalue weighted by Gasteiger charge is 2.22. The molecule has 0 saturated carbocycles. The maximum atomic E-state index is 13.2. The van der Waals surface area contributed by atoms with Gasteiger partial charge < -0.3 is 15.3 Å². The summed E-state index contributed by atoms with van der Waals surface area (Å²) < 4.78 is 13.2. The molecule has 27 heavy (non-hydrogen) atoms. The third-order valence-electron chi connectivity index (χ3n) is 4.60. The highest BCUT2D eigenvalue weighted by atomic mass is 19.1. The number of rotatable bonds is 7. The van der Waals surface area contributed by atoms with Crippen LogP contribution in [0.25, 0.3) is 6.08 Å². The van der Waals surface area contributed by atoms with Gasteiger partial charge in [-0.25, -0.2) is 14.2 Å². The van der Waals surface area contributed by atoms with Gasteiger partial charge in [0.1, 0.15) is 11.6 Å². The summed E-state index contributed by atoms with van der Waals surface area (Å²) >= 11 is 0. The van der Waals surface area contributed by atoms with Crippen molar-refractivity contribution in [2.45, 2.75) is 25.8 Å². The molecular weight excluding hydrogens is 347 g/mol. The van der Waals surface area contributed by atoms with Crippen molar-refractivity contribution in [1.82, 2.24) is 14.9 Å². The first kappa shape index (κ1) is 19.0. The molecule has 0 aliphatic carbocycles. The first-order valence-corrected chi connectivity index (χ1v) is 8.96. The summed E-state index contributed by atoms with van der Waals surface area (Å²) in [6.45, 7) is 4.30. The van der Waals surface area contributed by atoms with Crippen molar-refractivity contribution < 1.29 is 14.3 Å². The number of carbonyl (C=O) groups is 1. The summed E-state index contributed by atoms with van der Waals surface area (Å²) in [6.07, 6.45) is 6.50. The summed E-state index contributed by atoms with van der Waals surface area (Å²) in [5.74, 6) is -0.482. The van der Waals surface area contributed by atoms with Gasteiger partial charge in [-0.2, -0.15) is 0 Å². The Morgan fingerprint density at radius 1 is 1.41 bits per heavy atom. The summed E-state index contributed by atoms with van der Waals surface area (Å²) in [5, 5.41) is 12.3. The first-order valence-electron chi connectivity index (χ1n) is 8.96. The molecule has 1 fully saturated rings. The third-order valence-corrected chi connectivity index (χ3v) is 4.60. The van der Waals surface area contributed by atoms with Crippen LogP contribution in [-0.4, -0.2) is 51.6 Å². The first-order chi connectivity index (χ1) is 13.0. The van der Waals surface area contributed by atoms with Crippen LogP contribution in [0.2, 0.25) is 0 Å². The van der Waals surface area contributed by atoms with Crippen LogP contribution < -0.4 is 5.32 Å². The van der Waals surface area contributed by atoms with E-state index < -0.39 is 5.97 Å². The molecule has 3 rings (SSSR count). The van der Waals surface area contributed by atoms with E-state index in [1.54, 1.807) is 24.5 Å². The van der Waals surface area contributed by atoms with E-state index in [1.165, 1.54) is 19.1 Å². The molecule has 6 nitrogen and oxygen atoms in total. The topological polar surface area (TPSA) is 78.4 Å². The summed E-state index contributed by atoms with van der Waals surface area (Å²) in [5.41, 5.74) is 1.75. The number of nitrogens with one attached hydrogen (secondary N) is 1. The van der Waals surface area contributed by atoms with Crippen LogP contribution >= 0.6 is 0 Å². The van der Waals surface area contributed by atoms with Gasteiger partial charge >= 0.3 is 5.97 Å². The molecule has 0 spiro atoms. The fraction of sp³-hybridized carbons (Fsp3) is 0.350. The lowest BCUT2D eigenvalue weighted by Crippen LogP contribution is -2.28. The Bertz CT molecular complexity index is 823. The number of anilines is 1. The molecule has 1 aromatic heterocycles. The second kappa shape index (κ2) is 8.73. The highest BCUT2D eigenvalue weighted by Crippen LogP contribution is 2.15. The maximum absolute atomic E-state index is 13.2. The zero-order valence-corrected chi connectivity index (χ0v) is 15.2. The van der Waals surface area contributed by atoms with E-state index in [0.717, 1.165) is 38.0 Å². The number of hydrogen-bond donors (Lipinski definition) is 2. The minimum atomic E-state index is -0.969. The number of aliphatic carboxylic acids is 1. The maximum Gasteiger partial charge on any atom is 0.331 e. The number of aromatic nitrogens is 2. The van der Waals surface area contributed by atoms with Gasteiger partial charge in [-0.1, -0.05) is 12.1 Å². The molecule has 1 aliphatic rings. The Labute approximate surface area is 157 Å². The lowest BCUT2D eigenvalue weighted by atomic mass is 10.1. The molecule has 1 atom stereocenters. The summed E-state index contributed by atoms with van der Waals surface area (Å²) in [6, 6.07) is 7.03. The van der Waals surface area contributed by atoms with Gasteiger partial charge in [-0.15, -0.1) is 0 Å². The second-order valence-corrected chi connectivity index (χ2v) is 6.77. The SMILES string of the molecule is C/C(=C\c1cnc(N[C@@H]2CCN(CCc3cccc(F)c3)C2)cn1)C(=O)O. The lowest BCUT2D eigenvalue weighted by molar-refractivity contribution is -0.132. The van der Waals surface area contributed by atoms with Crippen LogP contribution in [0.5, 0.6) is 0 Å². The Balaban J connectivity index is 1.48. The number of likely N-dealkylation sites (tertiary alicyclic amines) is 1. The van der Waals surface area contributed by atoms with Crippen LogP contribution in [0.4, 0.5) is 10.2 Å². The van der Waals surface area contributed by atoms with Crippen molar-refractivity contribution in [2.75, 3.05) is 25.0 Å². The molecule has 2 N–H and O–H groups in total. The number of hydrogen-bond acceptors (Lipinski definition) is 5. The van der Waals surface area contributed by atoms with Crippen molar-refractivity contribution >= 4 is 17.9 Å². The molecule has 1 aliphatic heterocycles. The normalized spacial score (nSPS) is 17.9. The quantitative estimate of drug-likeness (QED) is 0.730. The minimum Gasteiger partial charge on any atom is -0.478 e. The van der Waals surface area contributed by atoms with Gasteiger partial charge in [-0.3, -0.25) is 4.98 Å². The number of carboxylic acids is 1. The molecule has 1 aromatic carbocycles. The Hall–Kier alpha value is -2.80. The van der Waals surface area contributed by atoms with Crippen LogP contribution in [0.3, 0.4) is 0 Å². The van der Waals surface area contributed by atoms with E-state index in [1.807, 2.05) is 6.07 Å². The van der Waals surface area contributed by atoms with Crippen molar-refractivity contribution in [3.05, 3.63) is 59.3 Å². The molecule has 0 bridgehead atoms. The predicted molar refractivity (Wildman–Crippen MR) is 102 cm³/mol. The van der Waals surface area contributed by atoms with E-state index in [9.17, 15) is 9.18 Å². The Morgan fingerprint density at radius 2 is 2.26 bits per heavy atom. The fourth-order valence-electron chi connectivity index (χ4n) is 3.11. The van der Waals surface area contributed by atoms with E-state index in [-0.39, 0.29) is 17.4 Å². The molecule has 0 unspecified atom stereocenters. The van der Waals surface area contributed by atoms with Gasteiger partial charge in [0.05, 0.1) is 18.1 Å². The molecular formula is C20H23FN4O2. The van der Waals surface area contributed by atoms with Gasteiger partial charge in [0.15, 0.2) is 0 Å². The molecule has 1 saturated heterocycles. The van der Waals surface area contributed by atoms with Gasteiger partial charge in [0, 0.05) is 31.2 Å². The average Bonchev–Trinajstić information content (AvgIpc) is 3.09. The van der Waals surface area contributed by atoms with Crippen molar-refractivity contribution in [2.24, 2.45) is 0 Å². The second-order valence-electron chi connectivity index (χ2n) is 6.77. The molecule has 7 heteroatoms. The molecule has 0 radical (unpaired) electrons. The van der Waals surface area contributed by atoms with E-state index in [2.05, 4.69) is 20.2 Å². The van der Waals surface area contributed by atoms with Gasteiger partial charge in [0.2, 0.25) is 0 Å². The monoisotopic (exact) mass is 370 g/mol. The zero-order chi connectivity index (χ0) is 19.2. The van der Waals surface area contributed by atoms with Crippen molar-refractivity contribution in [3.8, 4) is 0 Å². The summed E-state index contributed by atoms with van der Waals surface area (Å²) in [4.78, 5) is 21.7. The number of carboxylic acid groups (broad SMARTS) is 1. The van der Waals surface area contributed by atoms with Crippen LogP contribution in [0.15, 0.2) is 42.2 Å². The molecule has 142 valence electrons. The largest absolute Gasteiger partial charge is 0.478 e. The Morgan fingerprint density at radius 3 is 2.96 bits per heavy atom. The summed E-state index contributed by atoms with van der Waals surface area (Å²) in [7, 11) is 0. The minimum absolute atomic E-state index is 0.191.